The summed E-state index contributed by atoms with van der Waals surface area (Å²) in [6.07, 6.45) is -0.269. The number of hydrogen-bond donors (Lipinski definition) is 0. The molecule has 0 bridgehead atoms. The van der Waals surface area contributed by atoms with Gasteiger partial charge >= 0.3 is 0 Å². The molecule has 1 atom stereocenters. The van der Waals surface area contributed by atoms with Gasteiger partial charge in [-0.2, -0.15) is 0 Å². The third kappa shape index (κ3) is 3.04. The summed E-state index contributed by atoms with van der Waals surface area (Å²) in [5.74, 6) is -0.497. The highest BCUT2D eigenvalue weighted by Gasteiger charge is 2.40. The van der Waals surface area contributed by atoms with Crippen LogP contribution in [0.25, 0.3) is 0 Å². The number of nitrogens with zero attached hydrogens (tertiary/aromatic N) is 2. The van der Waals surface area contributed by atoms with Crippen LogP contribution in [0, 0.1) is 13.7 Å². The predicted octanol–water partition coefficient (Wildman–Crippen LogP) is 1.87. The van der Waals surface area contributed by atoms with Crippen molar-refractivity contribution < 1.29 is 18.1 Å². The van der Waals surface area contributed by atoms with E-state index in [1.165, 1.54) is 12.1 Å². The number of halogens is 2. The summed E-state index contributed by atoms with van der Waals surface area (Å²) in [5, 5.41) is 9.99. The van der Waals surface area contributed by atoms with E-state index < -0.39 is 25.1 Å². The topological polar surface area (TPSA) is 97.6 Å². The second-order valence-corrected chi connectivity index (χ2v) is 8.35. The standard InChI is InChI=1S/C10H8ClIN2O5S/c11-20(18,19)7-4-10(15)13(5-7)8-2-1-6(12)3-9(8)14(16)17/h1-3,7H,4-5H2. The molecule has 108 valence electrons. The van der Waals surface area contributed by atoms with Crippen molar-refractivity contribution in [3.05, 3.63) is 31.9 Å². The zero-order valence-electron chi connectivity index (χ0n) is 9.82. The molecule has 1 fully saturated rings. The van der Waals surface area contributed by atoms with Gasteiger partial charge in [-0.1, -0.05) is 0 Å². The van der Waals surface area contributed by atoms with Crippen LogP contribution in [0.2, 0.25) is 0 Å². The fraction of sp³-hybridized carbons (Fsp3) is 0.300. The Bertz CT molecular complexity index is 693. The van der Waals surface area contributed by atoms with E-state index in [9.17, 15) is 23.3 Å². The van der Waals surface area contributed by atoms with Gasteiger partial charge in [-0.15, -0.1) is 0 Å². The van der Waals surface area contributed by atoms with Gasteiger partial charge in [0.05, 0.1) is 4.92 Å². The van der Waals surface area contributed by atoms with Crippen molar-refractivity contribution in [2.45, 2.75) is 11.7 Å². The number of carbonyl (C=O) groups is 1. The normalized spacial score (nSPS) is 19.4. The second-order valence-electron chi connectivity index (χ2n) is 4.20. The number of amides is 1. The Kier molecular flexibility index (Phi) is 4.21. The molecule has 1 aliphatic rings. The number of rotatable bonds is 3. The highest BCUT2D eigenvalue weighted by Crippen LogP contribution is 2.34. The molecule has 7 nitrogen and oxygen atoms in total. The average molecular weight is 431 g/mol. The molecule has 0 spiro atoms. The van der Waals surface area contributed by atoms with Gasteiger partial charge in [0.15, 0.2) is 0 Å². The lowest BCUT2D eigenvalue weighted by Gasteiger charge is -2.16. The van der Waals surface area contributed by atoms with Crippen LogP contribution in [0.5, 0.6) is 0 Å². The van der Waals surface area contributed by atoms with Gasteiger partial charge in [-0.25, -0.2) is 8.42 Å². The van der Waals surface area contributed by atoms with Gasteiger partial charge in [0.2, 0.25) is 15.0 Å². The maximum atomic E-state index is 11.9. The molecule has 0 N–H and O–H groups in total. The second kappa shape index (κ2) is 5.45. The van der Waals surface area contributed by atoms with Gasteiger partial charge in [0, 0.05) is 33.3 Å². The molecular weight excluding hydrogens is 423 g/mol. The van der Waals surface area contributed by atoms with Crippen LogP contribution in [-0.2, 0) is 13.8 Å². The molecule has 1 unspecified atom stereocenters. The fourth-order valence-corrected chi connectivity index (χ4v) is 3.47. The van der Waals surface area contributed by atoms with Crippen molar-refractivity contribution >= 4 is 59.6 Å². The SMILES string of the molecule is O=C1CC(S(=O)(=O)Cl)CN1c1ccc(I)cc1[N+](=O)[O-]. The van der Waals surface area contributed by atoms with Crippen molar-refractivity contribution in [3.63, 3.8) is 0 Å². The lowest BCUT2D eigenvalue weighted by Crippen LogP contribution is -2.27. The van der Waals surface area contributed by atoms with Gasteiger partial charge in [0.1, 0.15) is 10.9 Å². The Hall–Kier alpha value is -0.940. The molecule has 1 saturated heterocycles. The van der Waals surface area contributed by atoms with Crippen LogP contribution < -0.4 is 4.90 Å². The van der Waals surface area contributed by atoms with Crippen molar-refractivity contribution in [2.24, 2.45) is 0 Å². The molecule has 0 saturated carbocycles. The largest absolute Gasteiger partial charge is 0.305 e. The minimum Gasteiger partial charge on any atom is -0.305 e. The van der Waals surface area contributed by atoms with Crippen molar-refractivity contribution in [2.75, 3.05) is 11.4 Å². The number of nitro benzene ring substituents is 1. The summed E-state index contributed by atoms with van der Waals surface area (Å²) in [7, 11) is 1.36. The van der Waals surface area contributed by atoms with Crippen LogP contribution in [0.1, 0.15) is 6.42 Å². The zero-order chi connectivity index (χ0) is 15.1. The quantitative estimate of drug-likeness (QED) is 0.316. The molecule has 20 heavy (non-hydrogen) atoms. The van der Waals surface area contributed by atoms with Crippen molar-refractivity contribution in [3.8, 4) is 0 Å². The van der Waals surface area contributed by atoms with Crippen LogP contribution in [0.3, 0.4) is 0 Å². The van der Waals surface area contributed by atoms with Gasteiger partial charge in [-0.05, 0) is 34.7 Å². The molecule has 0 aliphatic carbocycles. The summed E-state index contributed by atoms with van der Waals surface area (Å²) < 4.78 is 23.2. The molecule has 1 aliphatic heterocycles. The number of anilines is 1. The van der Waals surface area contributed by atoms with Crippen LogP contribution in [-0.4, -0.2) is 31.0 Å². The Labute approximate surface area is 132 Å². The number of nitro groups is 1. The Balaban J connectivity index is 2.43. The van der Waals surface area contributed by atoms with Gasteiger partial charge in [0.25, 0.3) is 5.69 Å². The van der Waals surface area contributed by atoms with Crippen molar-refractivity contribution in [1.82, 2.24) is 0 Å². The zero-order valence-corrected chi connectivity index (χ0v) is 13.6. The first-order valence-electron chi connectivity index (χ1n) is 5.38. The van der Waals surface area contributed by atoms with E-state index in [2.05, 4.69) is 0 Å². The fourth-order valence-electron chi connectivity index (χ4n) is 1.97. The Morgan fingerprint density at radius 3 is 2.60 bits per heavy atom. The summed E-state index contributed by atoms with van der Waals surface area (Å²) in [6.45, 7) is -0.175. The van der Waals surface area contributed by atoms with Gasteiger partial charge in [-0.3, -0.25) is 14.9 Å². The summed E-state index contributed by atoms with van der Waals surface area (Å²) in [6, 6.07) is 4.37. The van der Waals surface area contributed by atoms with E-state index in [1.54, 1.807) is 6.07 Å². The summed E-state index contributed by atoms with van der Waals surface area (Å²) in [4.78, 5) is 23.4. The van der Waals surface area contributed by atoms with E-state index in [-0.39, 0.29) is 24.3 Å². The first kappa shape index (κ1) is 15.4. The maximum Gasteiger partial charge on any atom is 0.294 e. The molecule has 0 radical (unpaired) electrons. The van der Waals surface area contributed by atoms with E-state index in [4.69, 9.17) is 10.7 Å². The first-order valence-corrected chi connectivity index (χ1v) is 8.83. The minimum absolute atomic E-state index is 0.0863. The summed E-state index contributed by atoms with van der Waals surface area (Å²) >= 11 is 1.92. The highest BCUT2D eigenvalue weighted by atomic mass is 127. The molecule has 1 heterocycles. The third-order valence-electron chi connectivity index (χ3n) is 2.91. The lowest BCUT2D eigenvalue weighted by molar-refractivity contribution is -0.384. The number of hydrogen-bond acceptors (Lipinski definition) is 5. The molecule has 1 amide bonds. The number of benzene rings is 1. The van der Waals surface area contributed by atoms with E-state index in [0.29, 0.717) is 3.57 Å². The maximum absolute atomic E-state index is 11.9. The van der Waals surface area contributed by atoms with E-state index >= 15 is 0 Å². The molecular formula is C10H8ClIN2O5S. The van der Waals surface area contributed by atoms with Crippen LogP contribution in [0.15, 0.2) is 18.2 Å². The minimum atomic E-state index is -3.88. The van der Waals surface area contributed by atoms with E-state index in [1.807, 2.05) is 22.6 Å². The molecule has 1 aromatic rings. The molecule has 1 aromatic carbocycles. The van der Waals surface area contributed by atoms with E-state index in [0.717, 1.165) is 4.90 Å². The van der Waals surface area contributed by atoms with Gasteiger partial charge < -0.3 is 4.90 Å². The van der Waals surface area contributed by atoms with Crippen molar-refractivity contribution in [1.29, 1.82) is 0 Å². The predicted molar refractivity (Wildman–Crippen MR) is 81.3 cm³/mol. The third-order valence-corrected chi connectivity index (χ3v) is 5.45. The smallest absolute Gasteiger partial charge is 0.294 e. The lowest BCUT2D eigenvalue weighted by atomic mass is 10.2. The Morgan fingerprint density at radius 1 is 1.45 bits per heavy atom. The number of carbonyl (C=O) groups excluding carboxylic acids is 1. The monoisotopic (exact) mass is 430 g/mol. The van der Waals surface area contributed by atoms with Crippen LogP contribution in [0.4, 0.5) is 11.4 Å². The summed E-state index contributed by atoms with van der Waals surface area (Å²) in [5.41, 5.74) is -0.152. The highest BCUT2D eigenvalue weighted by molar-refractivity contribution is 14.1. The van der Waals surface area contributed by atoms with Crippen LogP contribution >= 0.6 is 33.3 Å². The molecule has 0 aromatic heterocycles. The first-order chi connectivity index (χ1) is 9.20. The molecule has 2 rings (SSSR count). The Morgan fingerprint density at radius 2 is 2.10 bits per heavy atom. The molecule has 10 heteroatoms. The average Bonchev–Trinajstić information content (AvgIpc) is 2.71.